The quantitative estimate of drug-likeness (QED) is 0.168. The highest BCUT2D eigenvalue weighted by atomic mass is 15.0. The van der Waals surface area contributed by atoms with E-state index in [1.165, 1.54) is 93.9 Å². The standard InChI is InChI=1S/C54H39N/c1-36-16-8-10-22-42(36)45-25-13-12-23-43(45)38-29-31-47-48-32-28-37-17-9-11-24-44(37)53(48)55(52(47)34-38)41-30-33-51-49(35-41)46-26-14-15-27-50(46)54(51,39-18-4-2-5-19-39)40-20-6-3-7-21-40/h2-27,29-35,37H,28H2,1H3. The van der Waals surface area contributed by atoms with Crippen molar-refractivity contribution in [2.24, 2.45) is 5.92 Å². The lowest BCUT2D eigenvalue weighted by atomic mass is 9.68. The van der Waals surface area contributed by atoms with Crippen LogP contribution in [0.25, 0.3) is 61.6 Å². The number of allylic oxidation sites excluding steroid dienone is 4. The van der Waals surface area contributed by atoms with Crippen molar-refractivity contribution >= 4 is 22.6 Å². The average Bonchev–Trinajstić information content (AvgIpc) is 3.75. The normalized spacial score (nSPS) is 15.9. The third kappa shape index (κ3) is 4.66. The molecule has 0 fully saturated rings. The Morgan fingerprint density at radius 3 is 1.96 bits per heavy atom. The molecule has 0 amide bonds. The van der Waals surface area contributed by atoms with Crippen LogP contribution >= 0.6 is 0 Å². The van der Waals surface area contributed by atoms with Gasteiger partial charge in [-0.2, -0.15) is 0 Å². The van der Waals surface area contributed by atoms with Gasteiger partial charge in [-0.25, -0.2) is 0 Å². The van der Waals surface area contributed by atoms with Gasteiger partial charge in [0.05, 0.1) is 16.3 Å². The maximum Gasteiger partial charge on any atom is 0.0713 e. The molecule has 1 atom stereocenters. The summed E-state index contributed by atoms with van der Waals surface area (Å²) in [6.45, 7) is 2.21. The van der Waals surface area contributed by atoms with Gasteiger partial charge in [-0.3, -0.25) is 0 Å². The zero-order valence-corrected chi connectivity index (χ0v) is 30.8. The minimum atomic E-state index is -0.428. The number of rotatable bonds is 5. The van der Waals surface area contributed by atoms with E-state index in [9.17, 15) is 0 Å². The number of aromatic nitrogens is 1. The molecule has 0 aliphatic heterocycles. The Bertz CT molecular complexity index is 2970. The summed E-state index contributed by atoms with van der Waals surface area (Å²) < 4.78 is 2.57. The Hall–Kier alpha value is -6.70. The maximum atomic E-state index is 2.57. The van der Waals surface area contributed by atoms with E-state index in [0.717, 1.165) is 6.42 Å². The van der Waals surface area contributed by atoms with Gasteiger partial charge in [0.25, 0.3) is 0 Å². The van der Waals surface area contributed by atoms with Gasteiger partial charge in [-0.15, -0.1) is 0 Å². The SMILES string of the molecule is Cc1ccccc1-c1ccccc1-c1ccc2c3c(n(-c4ccc5c(c4)-c4ccccc4C5(c4ccccc4)c4ccccc4)c2c1)=C1C=CC=CC1CC=3. The topological polar surface area (TPSA) is 4.93 Å². The fourth-order valence-corrected chi connectivity index (χ4v) is 9.95. The van der Waals surface area contributed by atoms with Crippen LogP contribution in [0.2, 0.25) is 0 Å². The average molecular weight is 702 g/mol. The van der Waals surface area contributed by atoms with Gasteiger partial charge in [0.1, 0.15) is 0 Å². The largest absolute Gasteiger partial charge is 0.309 e. The fourth-order valence-electron chi connectivity index (χ4n) is 9.95. The van der Waals surface area contributed by atoms with E-state index in [1.54, 1.807) is 0 Å². The fraction of sp³-hybridized carbons (Fsp3) is 0.0741. The first kappa shape index (κ1) is 31.8. The Morgan fingerprint density at radius 1 is 0.545 bits per heavy atom. The number of hydrogen-bond donors (Lipinski definition) is 0. The first-order chi connectivity index (χ1) is 27.2. The van der Waals surface area contributed by atoms with Crippen molar-refractivity contribution < 1.29 is 0 Å². The number of hydrogen-bond acceptors (Lipinski definition) is 0. The van der Waals surface area contributed by atoms with Gasteiger partial charge in [-0.05, 0) is 98.3 Å². The predicted molar refractivity (Wildman–Crippen MR) is 230 cm³/mol. The molecule has 55 heavy (non-hydrogen) atoms. The monoisotopic (exact) mass is 701 g/mol. The van der Waals surface area contributed by atoms with Crippen LogP contribution < -0.4 is 10.6 Å². The smallest absolute Gasteiger partial charge is 0.0713 e. The molecular formula is C54H39N. The molecule has 0 bridgehead atoms. The summed E-state index contributed by atoms with van der Waals surface area (Å²) in [5.41, 5.74) is 17.5. The zero-order valence-electron chi connectivity index (χ0n) is 30.8. The van der Waals surface area contributed by atoms with Gasteiger partial charge in [0, 0.05) is 22.2 Å². The number of benzene rings is 7. The van der Waals surface area contributed by atoms with Crippen LogP contribution in [0.4, 0.5) is 0 Å². The van der Waals surface area contributed by atoms with E-state index in [-0.39, 0.29) is 0 Å². The van der Waals surface area contributed by atoms with Crippen LogP contribution in [0.15, 0.2) is 194 Å². The second-order valence-electron chi connectivity index (χ2n) is 15.2. The lowest BCUT2D eigenvalue weighted by Gasteiger charge is -2.33. The highest BCUT2D eigenvalue weighted by molar-refractivity contribution is 5.94. The van der Waals surface area contributed by atoms with Crippen LogP contribution in [0.3, 0.4) is 0 Å². The van der Waals surface area contributed by atoms with Crippen molar-refractivity contribution in [1.29, 1.82) is 0 Å². The summed E-state index contributed by atoms with van der Waals surface area (Å²) in [6, 6.07) is 63.2. The van der Waals surface area contributed by atoms with Crippen molar-refractivity contribution in [3.63, 3.8) is 0 Å². The molecule has 0 saturated carbocycles. The van der Waals surface area contributed by atoms with Crippen molar-refractivity contribution in [3.8, 4) is 39.1 Å². The van der Waals surface area contributed by atoms with E-state index >= 15 is 0 Å². The zero-order chi connectivity index (χ0) is 36.5. The molecule has 11 rings (SSSR count). The van der Waals surface area contributed by atoms with Crippen molar-refractivity contribution in [2.75, 3.05) is 0 Å². The molecule has 8 aromatic rings. The Kier molecular flexibility index (Phi) is 7.19. The second-order valence-corrected chi connectivity index (χ2v) is 15.2. The number of fused-ring (bicyclic) bond motifs is 7. The van der Waals surface area contributed by atoms with Crippen molar-refractivity contribution in [2.45, 2.75) is 18.8 Å². The molecular weight excluding hydrogens is 663 g/mol. The first-order valence-corrected chi connectivity index (χ1v) is 19.5. The van der Waals surface area contributed by atoms with Gasteiger partial charge in [0.15, 0.2) is 0 Å². The molecule has 1 unspecified atom stereocenters. The van der Waals surface area contributed by atoms with Crippen molar-refractivity contribution in [1.82, 2.24) is 4.57 Å². The van der Waals surface area contributed by atoms with Crippen LogP contribution in [0, 0.1) is 12.8 Å². The molecule has 1 heterocycles. The van der Waals surface area contributed by atoms with Crippen LogP contribution in [-0.4, -0.2) is 4.57 Å². The summed E-state index contributed by atoms with van der Waals surface area (Å²) in [5.74, 6) is 0.362. The van der Waals surface area contributed by atoms with Gasteiger partial charge in [-0.1, -0.05) is 182 Å². The highest BCUT2D eigenvalue weighted by Gasteiger charge is 2.46. The van der Waals surface area contributed by atoms with E-state index in [0.29, 0.717) is 5.92 Å². The molecule has 260 valence electrons. The summed E-state index contributed by atoms with van der Waals surface area (Å²) >= 11 is 0. The first-order valence-electron chi connectivity index (χ1n) is 19.5. The molecule has 3 aliphatic carbocycles. The Balaban J connectivity index is 1.21. The lowest BCUT2D eigenvalue weighted by molar-refractivity contribution is 0.768. The summed E-state index contributed by atoms with van der Waals surface area (Å²) in [6.07, 6.45) is 12.6. The summed E-state index contributed by atoms with van der Waals surface area (Å²) in [5, 5.41) is 3.94. The highest BCUT2D eigenvalue weighted by Crippen LogP contribution is 2.56. The molecule has 0 saturated heterocycles. The summed E-state index contributed by atoms with van der Waals surface area (Å²) in [7, 11) is 0. The second kappa shape index (κ2) is 12.4. The van der Waals surface area contributed by atoms with E-state index < -0.39 is 5.41 Å². The van der Waals surface area contributed by atoms with Crippen molar-refractivity contribution in [3.05, 3.63) is 233 Å². The number of aryl methyl sites for hydroxylation is 1. The minimum absolute atomic E-state index is 0.362. The Labute approximate surface area is 322 Å². The van der Waals surface area contributed by atoms with E-state index in [2.05, 4.69) is 212 Å². The molecule has 0 spiro atoms. The molecule has 0 radical (unpaired) electrons. The van der Waals surface area contributed by atoms with Gasteiger partial charge in [0.2, 0.25) is 0 Å². The van der Waals surface area contributed by atoms with Crippen LogP contribution in [0.5, 0.6) is 0 Å². The lowest BCUT2D eigenvalue weighted by Crippen LogP contribution is -2.35. The Morgan fingerprint density at radius 2 is 1.20 bits per heavy atom. The van der Waals surface area contributed by atoms with Gasteiger partial charge >= 0.3 is 0 Å². The van der Waals surface area contributed by atoms with E-state index in [4.69, 9.17) is 0 Å². The molecule has 1 aromatic heterocycles. The third-order valence-corrected chi connectivity index (χ3v) is 12.4. The summed E-state index contributed by atoms with van der Waals surface area (Å²) in [4.78, 5) is 0. The molecule has 3 aliphatic rings. The predicted octanol–water partition coefficient (Wildman–Crippen LogP) is 11.7. The van der Waals surface area contributed by atoms with E-state index in [1.807, 2.05) is 0 Å². The molecule has 0 N–H and O–H groups in total. The molecule has 1 heteroatoms. The molecule has 1 nitrogen and oxygen atoms in total. The minimum Gasteiger partial charge on any atom is -0.309 e. The number of nitrogens with zero attached hydrogens (tertiary/aromatic N) is 1. The van der Waals surface area contributed by atoms with Crippen LogP contribution in [-0.2, 0) is 5.41 Å². The maximum absolute atomic E-state index is 2.57. The van der Waals surface area contributed by atoms with Crippen LogP contribution in [0.1, 0.15) is 34.2 Å². The molecule has 7 aromatic carbocycles. The van der Waals surface area contributed by atoms with Gasteiger partial charge < -0.3 is 4.57 Å². The third-order valence-electron chi connectivity index (χ3n) is 12.4.